The van der Waals surface area contributed by atoms with E-state index in [1.165, 1.54) is 0 Å². The Balaban J connectivity index is 1.41. The van der Waals surface area contributed by atoms with Crippen molar-refractivity contribution in [2.45, 2.75) is 31.9 Å². The van der Waals surface area contributed by atoms with Gasteiger partial charge < -0.3 is 19.7 Å². The summed E-state index contributed by atoms with van der Waals surface area (Å²) in [6.45, 7) is 4.67. The van der Waals surface area contributed by atoms with E-state index in [1.807, 2.05) is 19.1 Å². The van der Waals surface area contributed by atoms with E-state index in [4.69, 9.17) is 9.47 Å². The number of urea groups is 1. The fraction of sp³-hybridized carbons (Fsp3) is 0.600. The van der Waals surface area contributed by atoms with Gasteiger partial charge in [0.15, 0.2) is 0 Å². The Bertz CT molecular complexity index is 497. The number of nitrogens with zero attached hydrogens (tertiary/aromatic N) is 2. The highest BCUT2D eigenvalue weighted by Crippen LogP contribution is 2.18. The molecule has 0 bridgehead atoms. The maximum atomic E-state index is 12.1. The minimum Gasteiger partial charge on any atom is -0.487 e. The Labute approximate surface area is 124 Å². The topological polar surface area (TPSA) is 63.7 Å². The third kappa shape index (κ3) is 3.64. The summed E-state index contributed by atoms with van der Waals surface area (Å²) in [5, 5.41) is 3.06. The van der Waals surface area contributed by atoms with Gasteiger partial charge in [-0.15, -0.1) is 0 Å². The van der Waals surface area contributed by atoms with Crippen LogP contribution in [-0.2, 0) is 4.74 Å². The Kier molecular flexibility index (Phi) is 4.24. The second-order valence-corrected chi connectivity index (χ2v) is 5.61. The van der Waals surface area contributed by atoms with E-state index >= 15 is 0 Å². The first-order chi connectivity index (χ1) is 10.2. The molecule has 0 spiro atoms. The Morgan fingerprint density at radius 1 is 1.43 bits per heavy atom. The molecular formula is C15H21N3O3. The third-order valence-corrected chi connectivity index (χ3v) is 3.86. The molecule has 0 saturated carbocycles. The summed E-state index contributed by atoms with van der Waals surface area (Å²) >= 11 is 0. The Morgan fingerprint density at radius 2 is 2.19 bits per heavy atom. The van der Waals surface area contributed by atoms with Crippen molar-refractivity contribution in [2.75, 3.05) is 26.3 Å². The van der Waals surface area contributed by atoms with Crippen LogP contribution in [0.25, 0.3) is 0 Å². The van der Waals surface area contributed by atoms with Gasteiger partial charge in [-0.2, -0.15) is 0 Å². The van der Waals surface area contributed by atoms with Gasteiger partial charge in [0.25, 0.3) is 0 Å². The Hall–Kier alpha value is -1.82. The normalized spacial score (nSPS) is 20.0. The number of carbonyl (C=O) groups is 1. The molecule has 2 aliphatic rings. The molecule has 21 heavy (non-hydrogen) atoms. The number of amides is 2. The van der Waals surface area contributed by atoms with E-state index in [9.17, 15) is 4.79 Å². The predicted octanol–water partition coefficient (Wildman–Crippen LogP) is 1.34. The first-order valence-corrected chi connectivity index (χ1v) is 7.43. The zero-order chi connectivity index (χ0) is 14.7. The lowest BCUT2D eigenvalue weighted by molar-refractivity contribution is 0.0383. The van der Waals surface area contributed by atoms with Crippen molar-refractivity contribution in [3.05, 3.63) is 24.0 Å². The monoisotopic (exact) mass is 291 g/mol. The first-order valence-electron chi connectivity index (χ1n) is 7.43. The molecular weight excluding hydrogens is 270 g/mol. The summed E-state index contributed by atoms with van der Waals surface area (Å²) in [5.74, 6) is 0.817. The fourth-order valence-electron chi connectivity index (χ4n) is 2.57. The number of rotatable bonds is 3. The summed E-state index contributed by atoms with van der Waals surface area (Å²) in [7, 11) is 0. The minimum absolute atomic E-state index is 0.00709. The van der Waals surface area contributed by atoms with Gasteiger partial charge in [0, 0.05) is 37.2 Å². The van der Waals surface area contributed by atoms with E-state index in [1.54, 1.807) is 11.1 Å². The van der Waals surface area contributed by atoms with Crippen molar-refractivity contribution in [3.8, 4) is 5.75 Å². The van der Waals surface area contributed by atoms with Crippen molar-refractivity contribution >= 4 is 6.03 Å². The molecule has 2 aliphatic heterocycles. The van der Waals surface area contributed by atoms with E-state index in [0.29, 0.717) is 13.1 Å². The van der Waals surface area contributed by atoms with Crippen LogP contribution in [0.4, 0.5) is 4.79 Å². The van der Waals surface area contributed by atoms with Gasteiger partial charge in [0.2, 0.25) is 0 Å². The summed E-state index contributed by atoms with van der Waals surface area (Å²) < 4.78 is 11.1. The molecule has 0 unspecified atom stereocenters. The van der Waals surface area contributed by atoms with Crippen LogP contribution in [0.15, 0.2) is 18.3 Å². The molecule has 0 radical (unpaired) electrons. The van der Waals surface area contributed by atoms with Crippen LogP contribution >= 0.6 is 0 Å². The van der Waals surface area contributed by atoms with Crippen LogP contribution in [0.3, 0.4) is 0 Å². The number of likely N-dealkylation sites (tertiary alicyclic amines) is 1. The molecule has 1 aromatic rings. The largest absolute Gasteiger partial charge is 0.487 e. The molecule has 2 saturated heterocycles. The number of pyridine rings is 1. The van der Waals surface area contributed by atoms with Gasteiger partial charge in [-0.05, 0) is 25.8 Å². The first kappa shape index (κ1) is 14.1. The molecule has 1 aromatic heterocycles. The summed E-state index contributed by atoms with van der Waals surface area (Å²) in [4.78, 5) is 18.0. The standard InChI is InChI=1S/C15H21N3O3/c1-11-8-13(2-5-16-11)21-14-9-18(10-14)15(19)17-12-3-6-20-7-4-12/h2,5,8,12,14H,3-4,6-7,9-10H2,1H3,(H,17,19). The van der Waals surface area contributed by atoms with Crippen molar-refractivity contribution in [2.24, 2.45) is 0 Å². The molecule has 6 nitrogen and oxygen atoms in total. The molecule has 1 N–H and O–H groups in total. The summed E-state index contributed by atoms with van der Waals surface area (Å²) in [6.07, 6.45) is 3.61. The number of carbonyl (C=O) groups excluding carboxylic acids is 1. The lowest BCUT2D eigenvalue weighted by Crippen LogP contribution is -2.60. The van der Waals surface area contributed by atoms with Crippen LogP contribution in [0.5, 0.6) is 5.75 Å². The fourth-order valence-corrected chi connectivity index (χ4v) is 2.57. The van der Waals surface area contributed by atoms with Crippen LogP contribution in [0, 0.1) is 6.92 Å². The number of ether oxygens (including phenoxy) is 2. The maximum Gasteiger partial charge on any atom is 0.317 e. The summed E-state index contributed by atoms with van der Waals surface area (Å²) in [5.41, 5.74) is 0.931. The number of hydrogen-bond donors (Lipinski definition) is 1. The molecule has 3 heterocycles. The SMILES string of the molecule is Cc1cc(OC2CN(C(=O)NC3CCOCC3)C2)ccn1. The lowest BCUT2D eigenvalue weighted by Gasteiger charge is -2.39. The van der Waals surface area contributed by atoms with Gasteiger partial charge in [-0.25, -0.2) is 4.79 Å². The van der Waals surface area contributed by atoms with Crippen LogP contribution in [0.2, 0.25) is 0 Å². The number of hydrogen-bond acceptors (Lipinski definition) is 4. The lowest BCUT2D eigenvalue weighted by atomic mass is 10.1. The van der Waals surface area contributed by atoms with Crippen LogP contribution in [-0.4, -0.2) is 54.4 Å². The van der Waals surface area contributed by atoms with Crippen LogP contribution < -0.4 is 10.1 Å². The molecule has 0 aliphatic carbocycles. The Morgan fingerprint density at radius 3 is 2.90 bits per heavy atom. The van der Waals surface area contributed by atoms with E-state index in [2.05, 4.69) is 10.3 Å². The second kappa shape index (κ2) is 6.30. The molecule has 6 heteroatoms. The van der Waals surface area contributed by atoms with Gasteiger partial charge in [-0.3, -0.25) is 4.98 Å². The van der Waals surface area contributed by atoms with E-state index < -0.39 is 0 Å². The quantitative estimate of drug-likeness (QED) is 0.913. The van der Waals surface area contributed by atoms with Crippen LogP contribution in [0.1, 0.15) is 18.5 Å². The number of aromatic nitrogens is 1. The molecule has 3 rings (SSSR count). The highest BCUT2D eigenvalue weighted by Gasteiger charge is 2.33. The molecule has 2 amide bonds. The zero-order valence-corrected chi connectivity index (χ0v) is 12.2. The van der Waals surface area contributed by atoms with E-state index in [0.717, 1.165) is 37.5 Å². The van der Waals surface area contributed by atoms with Gasteiger partial charge in [0.05, 0.1) is 13.1 Å². The molecule has 114 valence electrons. The molecule has 0 atom stereocenters. The maximum absolute atomic E-state index is 12.1. The van der Waals surface area contributed by atoms with Gasteiger partial charge in [-0.1, -0.05) is 0 Å². The van der Waals surface area contributed by atoms with Gasteiger partial charge >= 0.3 is 6.03 Å². The summed E-state index contributed by atoms with van der Waals surface area (Å²) in [6, 6.07) is 4.00. The van der Waals surface area contributed by atoms with Crippen molar-refractivity contribution < 1.29 is 14.3 Å². The predicted molar refractivity (Wildman–Crippen MR) is 77.3 cm³/mol. The zero-order valence-electron chi connectivity index (χ0n) is 12.2. The van der Waals surface area contributed by atoms with Crippen molar-refractivity contribution in [3.63, 3.8) is 0 Å². The number of nitrogens with one attached hydrogen (secondary N) is 1. The highest BCUT2D eigenvalue weighted by molar-refractivity contribution is 5.75. The average molecular weight is 291 g/mol. The minimum atomic E-state index is 0.00709. The van der Waals surface area contributed by atoms with E-state index in [-0.39, 0.29) is 18.2 Å². The van der Waals surface area contributed by atoms with Gasteiger partial charge in [0.1, 0.15) is 11.9 Å². The van der Waals surface area contributed by atoms with Crippen molar-refractivity contribution in [1.29, 1.82) is 0 Å². The highest BCUT2D eigenvalue weighted by atomic mass is 16.5. The third-order valence-electron chi connectivity index (χ3n) is 3.86. The number of aryl methyl sites for hydroxylation is 1. The molecule has 0 aromatic carbocycles. The smallest absolute Gasteiger partial charge is 0.317 e. The molecule has 2 fully saturated rings. The second-order valence-electron chi connectivity index (χ2n) is 5.61. The average Bonchev–Trinajstić information content (AvgIpc) is 2.43. The van der Waals surface area contributed by atoms with Crippen molar-refractivity contribution in [1.82, 2.24) is 15.2 Å².